The molecule has 1 aliphatic heterocycles. The number of carbonyl (C=O) groups excluding carboxylic acids is 1. The van der Waals surface area contributed by atoms with E-state index in [0.29, 0.717) is 29.2 Å². The molecule has 0 aliphatic carbocycles. The minimum atomic E-state index is -0.644. The molecule has 2 nitrogen and oxygen atoms in total. The van der Waals surface area contributed by atoms with Crippen molar-refractivity contribution in [3.63, 3.8) is 0 Å². The smallest absolute Gasteiger partial charge is 0.150 e. The summed E-state index contributed by atoms with van der Waals surface area (Å²) in [5.41, 5.74) is 0.897. The molecule has 5 heteroatoms. The molecule has 1 heterocycles. The number of hydrogen-bond acceptors (Lipinski definition) is 2. The van der Waals surface area contributed by atoms with Crippen molar-refractivity contribution < 1.29 is 13.6 Å². The summed E-state index contributed by atoms with van der Waals surface area (Å²) in [5.74, 6) is -1.43. The average molecular weight is 308 g/mol. The van der Waals surface area contributed by atoms with Crippen LogP contribution in [0.2, 0.25) is 5.02 Å². The van der Waals surface area contributed by atoms with Gasteiger partial charge in [0.1, 0.15) is 23.6 Å². The number of halogens is 3. The molecule has 3 rings (SSSR count). The van der Waals surface area contributed by atoms with E-state index in [4.69, 9.17) is 11.6 Å². The van der Waals surface area contributed by atoms with Crippen LogP contribution in [-0.2, 0) is 4.79 Å². The second-order valence-corrected chi connectivity index (χ2v) is 5.48. The standard InChI is InChI=1S/C16H12ClF2NO/c17-13-4-2-1-3-12(13)11-5-14(18)16(15(19)6-11)20-7-10(8-20)9-21/h1-6,9-10H,7-8H2. The number of carbonyl (C=O) groups is 1. The van der Waals surface area contributed by atoms with E-state index in [1.54, 1.807) is 24.3 Å². The lowest BCUT2D eigenvalue weighted by Crippen LogP contribution is -2.48. The highest BCUT2D eigenvalue weighted by molar-refractivity contribution is 6.33. The Kier molecular flexibility index (Phi) is 3.64. The Hall–Kier alpha value is -1.94. The molecule has 0 aromatic heterocycles. The summed E-state index contributed by atoms with van der Waals surface area (Å²) in [5, 5.41) is 0.439. The van der Waals surface area contributed by atoms with E-state index in [-0.39, 0.29) is 11.6 Å². The Bertz CT molecular complexity index is 675. The summed E-state index contributed by atoms with van der Waals surface area (Å²) in [7, 11) is 0. The molecule has 2 aromatic carbocycles. The van der Waals surface area contributed by atoms with E-state index < -0.39 is 11.6 Å². The Morgan fingerprint density at radius 1 is 1.14 bits per heavy atom. The van der Waals surface area contributed by atoms with Crippen LogP contribution in [0.4, 0.5) is 14.5 Å². The van der Waals surface area contributed by atoms with Crippen LogP contribution in [0.25, 0.3) is 11.1 Å². The zero-order chi connectivity index (χ0) is 15.0. The first-order chi connectivity index (χ1) is 10.1. The molecule has 1 fully saturated rings. The van der Waals surface area contributed by atoms with Crippen LogP contribution < -0.4 is 4.90 Å². The maximum atomic E-state index is 14.2. The zero-order valence-electron chi connectivity index (χ0n) is 11.0. The van der Waals surface area contributed by atoms with Crippen LogP contribution in [0.3, 0.4) is 0 Å². The molecule has 0 atom stereocenters. The number of nitrogens with zero attached hydrogens (tertiary/aromatic N) is 1. The quantitative estimate of drug-likeness (QED) is 0.801. The molecule has 0 N–H and O–H groups in total. The van der Waals surface area contributed by atoms with Crippen molar-refractivity contribution in [3.05, 3.63) is 53.1 Å². The fraction of sp³-hybridized carbons (Fsp3) is 0.188. The lowest BCUT2D eigenvalue weighted by molar-refractivity contribution is -0.111. The number of anilines is 1. The fourth-order valence-corrected chi connectivity index (χ4v) is 2.74. The van der Waals surface area contributed by atoms with Gasteiger partial charge < -0.3 is 9.69 Å². The van der Waals surface area contributed by atoms with Gasteiger partial charge in [-0.25, -0.2) is 8.78 Å². The molecule has 0 bridgehead atoms. The van der Waals surface area contributed by atoms with Gasteiger partial charge in [-0.15, -0.1) is 0 Å². The van der Waals surface area contributed by atoms with Crippen molar-refractivity contribution in [3.8, 4) is 11.1 Å². The predicted octanol–water partition coefficient (Wildman–Crippen LogP) is 3.92. The first-order valence-electron chi connectivity index (χ1n) is 6.54. The molecule has 2 aromatic rings. The summed E-state index contributed by atoms with van der Waals surface area (Å²) < 4.78 is 28.4. The SMILES string of the molecule is O=CC1CN(c2c(F)cc(-c3ccccc3Cl)cc2F)C1. The second kappa shape index (κ2) is 5.45. The average Bonchev–Trinajstić information content (AvgIpc) is 2.40. The van der Waals surface area contributed by atoms with Crippen LogP contribution in [0.1, 0.15) is 0 Å². The number of aldehydes is 1. The first-order valence-corrected chi connectivity index (χ1v) is 6.92. The highest BCUT2D eigenvalue weighted by Gasteiger charge is 2.30. The van der Waals surface area contributed by atoms with E-state index in [1.165, 1.54) is 17.0 Å². The highest BCUT2D eigenvalue weighted by atomic mass is 35.5. The van der Waals surface area contributed by atoms with Crippen molar-refractivity contribution >= 4 is 23.6 Å². The molecular weight excluding hydrogens is 296 g/mol. The normalized spacial score (nSPS) is 14.9. The molecule has 21 heavy (non-hydrogen) atoms. The van der Waals surface area contributed by atoms with Gasteiger partial charge in [0, 0.05) is 29.6 Å². The second-order valence-electron chi connectivity index (χ2n) is 5.07. The van der Waals surface area contributed by atoms with Gasteiger partial charge in [-0.05, 0) is 23.8 Å². The number of rotatable bonds is 3. The number of hydrogen-bond donors (Lipinski definition) is 0. The third-order valence-electron chi connectivity index (χ3n) is 3.62. The maximum absolute atomic E-state index is 14.2. The Balaban J connectivity index is 1.97. The van der Waals surface area contributed by atoms with Crippen LogP contribution in [0.15, 0.2) is 36.4 Å². The third-order valence-corrected chi connectivity index (χ3v) is 3.95. The van der Waals surface area contributed by atoms with Crippen LogP contribution in [0, 0.1) is 17.6 Å². The van der Waals surface area contributed by atoms with E-state index in [9.17, 15) is 13.6 Å². The fourth-order valence-electron chi connectivity index (χ4n) is 2.50. The van der Waals surface area contributed by atoms with Crippen molar-refractivity contribution in [1.29, 1.82) is 0 Å². The van der Waals surface area contributed by atoms with Crippen molar-refractivity contribution in [2.45, 2.75) is 0 Å². The van der Waals surface area contributed by atoms with Gasteiger partial charge in [-0.1, -0.05) is 29.8 Å². The molecule has 108 valence electrons. The molecule has 0 spiro atoms. The van der Waals surface area contributed by atoms with E-state index in [0.717, 1.165) is 6.29 Å². The summed E-state index contributed by atoms with van der Waals surface area (Å²) in [6, 6.07) is 9.44. The van der Waals surface area contributed by atoms with Crippen LogP contribution in [0.5, 0.6) is 0 Å². The monoisotopic (exact) mass is 307 g/mol. The molecule has 0 amide bonds. The van der Waals surface area contributed by atoms with Gasteiger partial charge in [0.05, 0.1) is 0 Å². The third kappa shape index (κ3) is 2.51. The minimum absolute atomic E-state index is 0.0797. The van der Waals surface area contributed by atoms with E-state index >= 15 is 0 Å². The summed E-state index contributed by atoms with van der Waals surface area (Å²) in [6.07, 6.45) is 0.810. The Labute approximate surface area is 125 Å². The zero-order valence-corrected chi connectivity index (χ0v) is 11.8. The predicted molar refractivity (Wildman–Crippen MR) is 78.6 cm³/mol. The van der Waals surface area contributed by atoms with Gasteiger partial charge in [0.2, 0.25) is 0 Å². The molecule has 1 saturated heterocycles. The van der Waals surface area contributed by atoms with Crippen molar-refractivity contribution in [1.82, 2.24) is 0 Å². The highest BCUT2D eigenvalue weighted by Crippen LogP contribution is 2.35. The Morgan fingerprint density at radius 2 is 1.76 bits per heavy atom. The van der Waals surface area contributed by atoms with Crippen LogP contribution in [-0.4, -0.2) is 19.4 Å². The molecule has 0 saturated carbocycles. The van der Waals surface area contributed by atoms with Crippen LogP contribution >= 0.6 is 11.6 Å². The molecule has 0 radical (unpaired) electrons. The minimum Gasteiger partial charge on any atom is -0.365 e. The van der Waals surface area contributed by atoms with Crippen molar-refractivity contribution in [2.75, 3.05) is 18.0 Å². The molecular formula is C16H12ClF2NO. The van der Waals surface area contributed by atoms with Gasteiger partial charge in [0.15, 0.2) is 0 Å². The topological polar surface area (TPSA) is 20.3 Å². The molecule has 0 unspecified atom stereocenters. The lowest BCUT2D eigenvalue weighted by Gasteiger charge is -2.38. The van der Waals surface area contributed by atoms with Crippen molar-refractivity contribution in [2.24, 2.45) is 5.92 Å². The van der Waals surface area contributed by atoms with E-state index in [1.807, 2.05) is 0 Å². The maximum Gasteiger partial charge on any atom is 0.150 e. The van der Waals surface area contributed by atoms with Gasteiger partial charge in [-0.2, -0.15) is 0 Å². The first kappa shape index (κ1) is 14.0. The van der Waals surface area contributed by atoms with Gasteiger partial charge >= 0.3 is 0 Å². The number of benzene rings is 2. The van der Waals surface area contributed by atoms with Gasteiger partial charge in [-0.3, -0.25) is 0 Å². The summed E-state index contributed by atoms with van der Waals surface area (Å²) in [6.45, 7) is 0.700. The Morgan fingerprint density at radius 3 is 2.33 bits per heavy atom. The molecule has 1 aliphatic rings. The lowest BCUT2D eigenvalue weighted by atomic mass is 9.99. The van der Waals surface area contributed by atoms with E-state index in [2.05, 4.69) is 0 Å². The summed E-state index contributed by atoms with van der Waals surface area (Å²) in [4.78, 5) is 12.1. The summed E-state index contributed by atoms with van der Waals surface area (Å²) >= 11 is 6.05. The largest absolute Gasteiger partial charge is 0.365 e. The van der Waals surface area contributed by atoms with Gasteiger partial charge in [0.25, 0.3) is 0 Å².